The summed E-state index contributed by atoms with van der Waals surface area (Å²) < 4.78 is 6.06. The van der Waals surface area contributed by atoms with Crippen molar-refractivity contribution in [2.24, 2.45) is 11.3 Å². The Morgan fingerprint density at radius 1 is 0.933 bits per heavy atom. The molecule has 1 atom stereocenters. The molecule has 1 unspecified atom stereocenters. The Balaban J connectivity index is 0.00000225. The molecule has 2 aliphatic rings. The van der Waals surface area contributed by atoms with Gasteiger partial charge >= 0.3 is 0 Å². The number of nitrogens with zero attached hydrogens (tertiary/aromatic N) is 2. The lowest BCUT2D eigenvalue weighted by Gasteiger charge is -2.37. The van der Waals surface area contributed by atoms with E-state index in [1.165, 1.54) is 18.4 Å². The highest BCUT2D eigenvalue weighted by Gasteiger charge is 2.30. The molecule has 1 aromatic rings. The minimum Gasteiger partial charge on any atom is -1.00 e. The van der Waals surface area contributed by atoms with E-state index >= 15 is 0 Å². The molecular weight excluding hydrogens is 419 g/mol. The highest BCUT2D eigenvalue weighted by molar-refractivity contribution is 5.14. The van der Waals surface area contributed by atoms with Crippen molar-refractivity contribution in [1.29, 1.82) is 0 Å². The molecule has 0 spiro atoms. The molecule has 1 aromatic carbocycles. The van der Waals surface area contributed by atoms with E-state index in [1.807, 2.05) is 0 Å². The van der Waals surface area contributed by atoms with Crippen molar-refractivity contribution >= 4 is 0 Å². The van der Waals surface area contributed by atoms with Crippen molar-refractivity contribution in [3.8, 4) is 0 Å². The van der Waals surface area contributed by atoms with Crippen LogP contribution in [0.1, 0.15) is 52.0 Å². The summed E-state index contributed by atoms with van der Waals surface area (Å²) in [5.74, 6) is 0.810. The molecule has 4 nitrogen and oxygen atoms in total. The molecule has 1 saturated carbocycles. The second-order valence-electron chi connectivity index (χ2n) is 9.89. The zero-order valence-corrected chi connectivity index (χ0v) is 20.4. The first kappa shape index (κ1) is 27.7. The van der Waals surface area contributed by atoms with Gasteiger partial charge in [0.15, 0.2) is 0 Å². The first-order valence-electron chi connectivity index (χ1n) is 11.2. The quantitative estimate of drug-likeness (QED) is 0.502. The van der Waals surface area contributed by atoms with Gasteiger partial charge in [0.05, 0.1) is 18.8 Å². The largest absolute Gasteiger partial charge is 1.00 e. The lowest BCUT2D eigenvalue weighted by molar-refractivity contribution is -0.0473. The van der Waals surface area contributed by atoms with Crippen LogP contribution in [0, 0.1) is 11.3 Å². The van der Waals surface area contributed by atoms with Crippen molar-refractivity contribution < 1.29 is 34.7 Å². The summed E-state index contributed by atoms with van der Waals surface area (Å²) in [6, 6.07) is 10.7. The van der Waals surface area contributed by atoms with Gasteiger partial charge in [-0.1, -0.05) is 51.1 Å². The second kappa shape index (κ2) is 13.2. The van der Waals surface area contributed by atoms with E-state index < -0.39 is 0 Å². The maximum Gasteiger partial charge on any atom is 0.0900 e. The van der Waals surface area contributed by atoms with Crippen molar-refractivity contribution in [2.75, 3.05) is 39.3 Å². The van der Waals surface area contributed by atoms with E-state index in [4.69, 9.17) is 4.74 Å². The third-order valence-electron chi connectivity index (χ3n) is 6.61. The summed E-state index contributed by atoms with van der Waals surface area (Å²) in [6.45, 7) is 13.5. The molecule has 2 fully saturated rings. The van der Waals surface area contributed by atoms with Crippen LogP contribution in [0.5, 0.6) is 0 Å². The third kappa shape index (κ3) is 9.02. The molecule has 1 aliphatic carbocycles. The molecule has 3 rings (SSSR count). The van der Waals surface area contributed by atoms with Crippen molar-refractivity contribution in [2.45, 2.75) is 65.2 Å². The summed E-state index contributed by atoms with van der Waals surface area (Å²) in [7, 11) is 0. The van der Waals surface area contributed by atoms with Gasteiger partial charge in [0.25, 0.3) is 0 Å². The van der Waals surface area contributed by atoms with Crippen LogP contribution in [0.2, 0.25) is 0 Å². The third-order valence-corrected chi connectivity index (χ3v) is 6.61. The van der Waals surface area contributed by atoms with E-state index in [9.17, 15) is 5.11 Å². The molecule has 0 amide bonds. The Morgan fingerprint density at radius 2 is 1.50 bits per heavy atom. The van der Waals surface area contributed by atoms with Crippen LogP contribution < -0.4 is 24.8 Å². The Bertz CT molecular complexity index is 566. The number of β-amino-alcohol motifs (C(OH)–C–C–N with tert-alkyl or cyclic N) is 1. The molecule has 1 N–H and O–H groups in total. The molecule has 0 aromatic heterocycles. The molecule has 30 heavy (non-hydrogen) atoms. The number of halogens is 2. The summed E-state index contributed by atoms with van der Waals surface area (Å²) in [4.78, 5) is 4.88. The minimum atomic E-state index is -0.374. The first-order valence-corrected chi connectivity index (χ1v) is 11.2. The predicted molar refractivity (Wildman–Crippen MR) is 115 cm³/mol. The molecule has 1 saturated heterocycles. The second-order valence-corrected chi connectivity index (χ2v) is 9.89. The summed E-state index contributed by atoms with van der Waals surface area (Å²) in [5, 5.41) is 10.4. The normalized spacial score (nSPS) is 24.5. The predicted octanol–water partition coefficient (Wildman–Crippen LogP) is -2.21. The van der Waals surface area contributed by atoms with Crippen molar-refractivity contribution in [3.05, 3.63) is 35.9 Å². The van der Waals surface area contributed by atoms with Gasteiger partial charge in [0, 0.05) is 39.3 Å². The van der Waals surface area contributed by atoms with Gasteiger partial charge in [-0.3, -0.25) is 9.80 Å². The molecular formula is C24H40Cl2N2O2-2. The fourth-order valence-corrected chi connectivity index (χ4v) is 4.67. The van der Waals surface area contributed by atoms with Crippen LogP contribution in [-0.2, 0) is 11.3 Å². The minimum absolute atomic E-state index is 0. The van der Waals surface area contributed by atoms with E-state index in [1.54, 1.807) is 0 Å². The van der Waals surface area contributed by atoms with Crippen LogP contribution in [0.15, 0.2) is 30.3 Å². The number of aliphatic hydroxyl groups is 1. The van der Waals surface area contributed by atoms with Crippen molar-refractivity contribution in [1.82, 2.24) is 9.80 Å². The first-order chi connectivity index (χ1) is 13.4. The summed E-state index contributed by atoms with van der Waals surface area (Å²) in [5.41, 5.74) is 1.79. The average Bonchev–Trinajstić information content (AvgIpc) is 2.68. The fraction of sp³-hybridized carbons (Fsp3) is 0.750. The standard InChI is InChI=1S/C24H40N2O2.2ClH/c1-24(2,3)21-9-11-23(12-10-21)28-19-22(27)18-26-15-13-25(14-16-26)17-20-7-5-4-6-8-20;;/h4-8,21-23,27H,9-19H2,1-3H3;2*1H/p-2. The fourth-order valence-electron chi connectivity index (χ4n) is 4.67. The van der Waals surface area contributed by atoms with E-state index in [0.29, 0.717) is 18.1 Å². The highest BCUT2D eigenvalue weighted by atomic mass is 35.5. The maximum atomic E-state index is 10.4. The van der Waals surface area contributed by atoms with Gasteiger partial charge < -0.3 is 34.7 Å². The number of benzene rings is 1. The zero-order valence-electron chi connectivity index (χ0n) is 18.9. The van der Waals surface area contributed by atoms with Crippen LogP contribution in [-0.4, -0.2) is 66.4 Å². The number of hydrogen-bond acceptors (Lipinski definition) is 4. The average molecular weight is 460 g/mol. The molecule has 1 heterocycles. The molecule has 0 radical (unpaired) electrons. The highest BCUT2D eigenvalue weighted by Crippen LogP contribution is 2.38. The molecule has 174 valence electrons. The Labute approximate surface area is 196 Å². The van der Waals surface area contributed by atoms with E-state index in [2.05, 4.69) is 60.9 Å². The number of hydrogen-bond donors (Lipinski definition) is 1. The van der Waals surface area contributed by atoms with Crippen LogP contribution in [0.4, 0.5) is 0 Å². The Kier molecular flexibility index (Phi) is 12.2. The molecule has 6 heteroatoms. The Hall–Kier alpha value is -0.360. The van der Waals surface area contributed by atoms with E-state index in [0.717, 1.165) is 58.0 Å². The monoisotopic (exact) mass is 458 g/mol. The van der Waals surface area contributed by atoms with Crippen molar-refractivity contribution in [3.63, 3.8) is 0 Å². The smallest absolute Gasteiger partial charge is 0.0900 e. The van der Waals surface area contributed by atoms with Gasteiger partial charge in [-0.05, 0) is 42.6 Å². The Morgan fingerprint density at radius 3 is 2.07 bits per heavy atom. The number of aliphatic hydroxyl groups excluding tert-OH is 1. The molecule has 0 bridgehead atoms. The van der Waals surface area contributed by atoms with Gasteiger partial charge in [-0.25, -0.2) is 0 Å². The van der Waals surface area contributed by atoms with Gasteiger partial charge in [-0.15, -0.1) is 0 Å². The topological polar surface area (TPSA) is 35.9 Å². The zero-order chi connectivity index (χ0) is 20.0. The summed E-state index contributed by atoms with van der Waals surface area (Å²) >= 11 is 0. The lowest BCUT2D eigenvalue weighted by atomic mass is 9.72. The SMILES string of the molecule is CC(C)(C)C1CCC(OCC(O)CN2CCN(Cc3ccccc3)CC2)CC1.[Cl-].[Cl-]. The number of piperazine rings is 1. The summed E-state index contributed by atoms with van der Waals surface area (Å²) in [6.07, 6.45) is 4.78. The van der Waals surface area contributed by atoms with Gasteiger partial charge in [0.1, 0.15) is 0 Å². The van der Waals surface area contributed by atoms with E-state index in [-0.39, 0.29) is 30.9 Å². The van der Waals surface area contributed by atoms with Crippen LogP contribution in [0.3, 0.4) is 0 Å². The molecule has 1 aliphatic heterocycles. The lowest BCUT2D eigenvalue weighted by Crippen LogP contribution is -3.00. The number of rotatable bonds is 7. The number of ether oxygens (including phenoxy) is 1. The van der Waals surface area contributed by atoms with Crippen LogP contribution >= 0.6 is 0 Å². The maximum absolute atomic E-state index is 10.4. The van der Waals surface area contributed by atoms with Gasteiger partial charge in [0.2, 0.25) is 0 Å². The van der Waals surface area contributed by atoms with Gasteiger partial charge in [-0.2, -0.15) is 0 Å². The van der Waals surface area contributed by atoms with Crippen LogP contribution in [0.25, 0.3) is 0 Å².